The fourth-order valence-electron chi connectivity index (χ4n) is 9.36. The van der Waals surface area contributed by atoms with Crippen LogP contribution in [0.2, 0.25) is 0 Å². The minimum Gasteiger partial charge on any atom is -0.310 e. The van der Waals surface area contributed by atoms with Crippen LogP contribution in [0, 0.1) is 13.8 Å². The van der Waals surface area contributed by atoms with Crippen molar-refractivity contribution in [2.45, 2.75) is 13.8 Å². The van der Waals surface area contributed by atoms with E-state index in [1.54, 1.807) is 0 Å². The number of nitrogens with zero attached hydrogens (tertiary/aromatic N) is 2. The first-order valence-corrected chi connectivity index (χ1v) is 21.4. The van der Waals surface area contributed by atoms with Gasteiger partial charge in [0.25, 0.3) is 0 Å². The summed E-state index contributed by atoms with van der Waals surface area (Å²) in [5.74, 6) is 0. The molecular weight excluding hydrogens is 749 g/mol. The summed E-state index contributed by atoms with van der Waals surface area (Å²) in [7, 11) is 0. The highest BCUT2D eigenvalue weighted by Crippen LogP contribution is 2.49. The third kappa shape index (κ3) is 6.54. The van der Waals surface area contributed by atoms with Crippen LogP contribution >= 0.6 is 0 Å². The summed E-state index contributed by atoms with van der Waals surface area (Å²) in [4.78, 5) is 4.84. The first kappa shape index (κ1) is 37.1. The fraction of sp³-hybridized carbons (Fsp3) is 0.0333. The molecule has 0 saturated carbocycles. The quantitative estimate of drug-likeness (QED) is 0.141. The Morgan fingerprint density at radius 3 is 1.05 bits per heavy atom. The van der Waals surface area contributed by atoms with Gasteiger partial charge in [0.15, 0.2) is 0 Å². The SMILES string of the molecule is Cc1ccc(-c2c3ccc(N(c4ccccc4)c4cccc5ccccc45)cc3c(-c3ccc(C)cc3)c3ccc(N(c4ccccc4)c4cccc5ccccc45)cc23)cc1. The van der Waals surface area contributed by atoms with Gasteiger partial charge in [0.2, 0.25) is 0 Å². The zero-order valence-corrected chi connectivity index (χ0v) is 34.8. The number of para-hydroxylation sites is 2. The van der Waals surface area contributed by atoms with E-state index in [9.17, 15) is 0 Å². The minimum absolute atomic E-state index is 1.10. The molecule has 0 spiro atoms. The van der Waals surface area contributed by atoms with Gasteiger partial charge in [0.1, 0.15) is 0 Å². The highest BCUT2D eigenvalue weighted by Gasteiger charge is 2.23. The van der Waals surface area contributed by atoms with Crippen LogP contribution in [0.1, 0.15) is 11.1 Å². The Bertz CT molecular complexity index is 3170. The molecule has 0 unspecified atom stereocenters. The molecular formula is C60H44N2. The summed E-state index contributed by atoms with van der Waals surface area (Å²) >= 11 is 0. The predicted octanol–water partition coefficient (Wildman–Crippen LogP) is 17.2. The van der Waals surface area contributed by atoms with Crippen LogP contribution in [-0.2, 0) is 0 Å². The Labute approximate surface area is 363 Å². The lowest BCUT2D eigenvalue weighted by Gasteiger charge is -2.29. The van der Waals surface area contributed by atoms with Crippen LogP contribution in [0.4, 0.5) is 34.1 Å². The lowest BCUT2D eigenvalue weighted by molar-refractivity contribution is 1.30. The molecule has 0 aromatic heterocycles. The van der Waals surface area contributed by atoms with Crippen molar-refractivity contribution in [1.29, 1.82) is 0 Å². The summed E-state index contributed by atoms with van der Waals surface area (Å²) in [6.45, 7) is 4.33. The molecule has 0 saturated heterocycles. The summed E-state index contributed by atoms with van der Waals surface area (Å²) in [5, 5.41) is 9.67. The lowest BCUT2D eigenvalue weighted by Crippen LogP contribution is -2.11. The summed E-state index contributed by atoms with van der Waals surface area (Å²) < 4.78 is 0. The molecule has 0 aliphatic rings. The molecule has 2 heteroatoms. The van der Waals surface area contributed by atoms with Gasteiger partial charge in [-0.25, -0.2) is 0 Å². The number of hydrogen-bond acceptors (Lipinski definition) is 2. The van der Waals surface area contributed by atoms with Gasteiger partial charge in [0.05, 0.1) is 11.4 Å². The van der Waals surface area contributed by atoms with Crippen LogP contribution in [0.5, 0.6) is 0 Å². The van der Waals surface area contributed by atoms with Crippen molar-refractivity contribution < 1.29 is 0 Å². The third-order valence-electron chi connectivity index (χ3n) is 12.3. The first-order valence-electron chi connectivity index (χ1n) is 21.4. The van der Waals surface area contributed by atoms with Gasteiger partial charge in [-0.2, -0.15) is 0 Å². The second-order valence-corrected chi connectivity index (χ2v) is 16.3. The van der Waals surface area contributed by atoms with Gasteiger partial charge in [-0.1, -0.05) is 181 Å². The molecule has 11 rings (SSSR count). The van der Waals surface area contributed by atoms with Crippen molar-refractivity contribution >= 4 is 77.2 Å². The molecule has 11 aromatic carbocycles. The maximum atomic E-state index is 2.43. The predicted molar refractivity (Wildman–Crippen MR) is 266 cm³/mol. The van der Waals surface area contributed by atoms with Crippen LogP contribution in [-0.4, -0.2) is 0 Å². The van der Waals surface area contributed by atoms with Gasteiger partial charge >= 0.3 is 0 Å². The van der Waals surface area contributed by atoms with Crippen LogP contribution in [0.25, 0.3) is 65.3 Å². The Kier molecular flexibility index (Phi) is 9.32. The van der Waals surface area contributed by atoms with Crippen LogP contribution in [0.15, 0.2) is 231 Å². The Hall–Kier alpha value is -7.94. The van der Waals surface area contributed by atoms with Gasteiger partial charge in [-0.15, -0.1) is 0 Å². The molecule has 0 N–H and O–H groups in total. The molecule has 0 bridgehead atoms. The fourth-order valence-corrected chi connectivity index (χ4v) is 9.36. The largest absolute Gasteiger partial charge is 0.310 e. The normalized spacial score (nSPS) is 11.4. The number of hydrogen-bond donors (Lipinski definition) is 0. The Balaban J connectivity index is 1.24. The molecule has 0 amide bonds. The highest BCUT2D eigenvalue weighted by molar-refractivity contribution is 6.23. The monoisotopic (exact) mass is 792 g/mol. The van der Waals surface area contributed by atoms with Gasteiger partial charge in [-0.3, -0.25) is 0 Å². The lowest BCUT2D eigenvalue weighted by atomic mass is 9.85. The summed E-state index contributed by atoms with van der Waals surface area (Å²) in [6.07, 6.45) is 0. The molecule has 294 valence electrons. The second kappa shape index (κ2) is 15.6. The Morgan fingerprint density at radius 1 is 0.258 bits per heavy atom. The van der Waals surface area contributed by atoms with Crippen molar-refractivity contribution in [3.05, 3.63) is 242 Å². The maximum Gasteiger partial charge on any atom is 0.0540 e. The molecule has 0 heterocycles. The zero-order valence-electron chi connectivity index (χ0n) is 34.8. The van der Waals surface area contributed by atoms with Crippen molar-refractivity contribution in [3.8, 4) is 22.3 Å². The van der Waals surface area contributed by atoms with E-state index in [0.717, 1.165) is 34.1 Å². The molecule has 2 nitrogen and oxygen atoms in total. The first-order chi connectivity index (χ1) is 30.6. The Morgan fingerprint density at radius 2 is 0.629 bits per heavy atom. The van der Waals surface area contributed by atoms with Gasteiger partial charge < -0.3 is 9.80 Å². The molecule has 0 aliphatic carbocycles. The van der Waals surface area contributed by atoms with E-state index in [1.165, 1.54) is 76.5 Å². The number of fused-ring (bicyclic) bond motifs is 4. The van der Waals surface area contributed by atoms with Crippen molar-refractivity contribution in [2.75, 3.05) is 9.80 Å². The van der Waals surface area contributed by atoms with Crippen molar-refractivity contribution in [3.63, 3.8) is 0 Å². The summed E-state index contributed by atoms with van der Waals surface area (Å²) in [6, 6.07) is 84.5. The van der Waals surface area contributed by atoms with E-state index in [0.29, 0.717) is 0 Å². The molecule has 0 radical (unpaired) electrons. The van der Waals surface area contributed by atoms with E-state index >= 15 is 0 Å². The van der Waals surface area contributed by atoms with Crippen molar-refractivity contribution in [2.24, 2.45) is 0 Å². The highest BCUT2D eigenvalue weighted by atomic mass is 15.1. The van der Waals surface area contributed by atoms with Gasteiger partial charge in [0, 0.05) is 33.5 Å². The minimum atomic E-state index is 1.10. The van der Waals surface area contributed by atoms with Crippen molar-refractivity contribution in [1.82, 2.24) is 0 Å². The van der Waals surface area contributed by atoms with Crippen LogP contribution < -0.4 is 9.80 Å². The third-order valence-corrected chi connectivity index (χ3v) is 12.3. The van der Waals surface area contributed by atoms with E-state index < -0.39 is 0 Å². The van der Waals surface area contributed by atoms with E-state index in [-0.39, 0.29) is 0 Å². The standard InChI is InChI=1S/C60H44N2/c1-41-27-31-45(32-28-41)59-53-37-35-50(62(48-21-7-4-8-22-48)58-26-14-18-44-16-10-12-24-52(44)58)40-56(53)60(46-33-29-42(2)30-34-46)54-38-36-49(39-55(54)59)61(47-19-5-3-6-20-47)57-25-13-17-43-15-9-11-23-51(43)57/h3-40H,1-2H3. The van der Waals surface area contributed by atoms with E-state index in [1.807, 2.05) is 0 Å². The van der Waals surface area contributed by atoms with Crippen LogP contribution in [0.3, 0.4) is 0 Å². The molecule has 0 aliphatic heterocycles. The molecule has 0 fully saturated rings. The van der Waals surface area contributed by atoms with Gasteiger partial charge in [-0.05, 0) is 129 Å². The smallest absolute Gasteiger partial charge is 0.0540 e. The summed E-state index contributed by atoms with van der Waals surface area (Å²) in [5.41, 5.74) is 14.0. The molecule has 11 aromatic rings. The zero-order chi connectivity index (χ0) is 41.6. The maximum absolute atomic E-state index is 2.43. The average Bonchev–Trinajstić information content (AvgIpc) is 3.32. The average molecular weight is 793 g/mol. The topological polar surface area (TPSA) is 6.48 Å². The molecule has 62 heavy (non-hydrogen) atoms. The molecule has 0 atom stereocenters. The number of aryl methyl sites for hydroxylation is 2. The van der Waals surface area contributed by atoms with E-state index in [4.69, 9.17) is 0 Å². The van der Waals surface area contributed by atoms with E-state index in [2.05, 4.69) is 254 Å². The number of benzene rings is 11. The second-order valence-electron chi connectivity index (χ2n) is 16.3. The number of rotatable bonds is 8. The number of anilines is 6.